The monoisotopic (exact) mass is 1100 g/mol. The fraction of sp³-hybridized carbons (Fsp3) is 0.946. The summed E-state index contributed by atoms with van der Waals surface area (Å²) in [6.45, 7) is 28.8. The number of ether oxygens (including phenoxy) is 2. The number of allylic oxidation sites excluding steroid dienone is 2. The molecule has 0 heterocycles. The van der Waals surface area contributed by atoms with Crippen molar-refractivity contribution in [3.8, 4) is 0 Å². The van der Waals surface area contributed by atoms with Crippen molar-refractivity contribution in [3.05, 3.63) is 12.2 Å². The minimum Gasteiger partial charge on any atom is -0.465 e. The highest BCUT2D eigenvalue weighted by atomic mass is 16.5. The molecule has 466 valence electrons. The van der Waals surface area contributed by atoms with E-state index < -0.39 is 0 Å². The first-order valence-corrected chi connectivity index (χ1v) is 35.8. The average molecular weight is 1100 g/mol. The molecule has 4 nitrogen and oxygen atoms in total. The Balaban J connectivity index is 0. The van der Waals surface area contributed by atoms with Gasteiger partial charge in [-0.05, 0) is 113 Å². The molecule has 0 aliphatic heterocycles. The number of unbranched alkanes of at least 4 members (excludes halogenated alkanes) is 35. The predicted octanol–water partition coefficient (Wildman–Crippen LogP) is 25.5. The third kappa shape index (κ3) is 59.3. The lowest BCUT2D eigenvalue weighted by Gasteiger charge is -2.22. The maximum Gasteiger partial charge on any atom is 0.308 e. The van der Waals surface area contributed by atoms with Gasteiger partial charge in [-0.15, -0.1) is 0 Å². The van der Waals surface area contributed by atoms with Gasteiger partial charge in [0.15, 0.2) is 0 Å². The standard InChI is InChI=1S/C38H74O2.C36H72O2/c1-7-9-11-13-15-16-17-18-19-20-21-22-23-24-25-27-29-34(3)31-35(4)32-36(5)33-37(6)38(39)40-30-28-26-14-12-10-8-2;1-7-9-11-13-15-16-17-18-19-20-21-22-23-25-27-32(3)29-33(4)30-34(5)31-35(6)36(37)38-28-26-24-14-12-10-8-2/h18-19,34-37H,7-17,20-33H2,1-6H3;32-35H,7-31H2,1-6H3/b19-18-;. The number of hydrogen-bond acceptors (Lipinski definition) is 4. The lowest BCUT2D eigenvalue weighted by molar-refractivity contribution is -0.149. The smallest absolute Gasteiger partial charge is 0.308 e. The van der Waals surface area contributed by atoms with Crippen LogP contribution in [0.3, 0.4) is 0 Å². The van der Waals surface area contributed by atoms with Crippen molar-refractivity contribution in [2.75, 3.05) is 13.2 Å². The van der Waals surface area contributed by atoms with Crippen LogP contribution in [0.2, 0.25) is 0 Å². The van der Waals surface area contributed by atoms with Crippen LogP contribution in [0.1, 0.15) is 391 Å². The molecule has 0 amide bonds. The molecule has 0 radical (unpaired) electrons. The SMILES string of the molecule is CCCCCCCC/C=C\CCCCCCCCC(C)CC(C)CC(C)CC(C)C(=O)OCCCCCCCC.CCCCCCCCCCCCCCCCC(C)CC(C)CC(C)CC(C)C(=O)OCCCCCCCC. The van der Waals surface area contributed by atoms with Crippen LogP contribution in [-0.4, -0.2) is 25.2 Å². The molecule has 0 spiro atoms. The molecule has 0 N–H and O–H groups in total. The lowest BCUT2D eigenvalue weighted by Crippen LogP contribution is -2.19. The second-order valence-corrected chi connectivity index (χ2v) is 26.8. The zero-order valence-electron chi connectivity index (χ0n) is 55.8. The maximum absolute atomic E-state index is 12.4. The van der Waals surface area contributed by atoms with Crippen molar-refractivity contribution >= 4 is 11.9 Å². The summed E-state index contributed by atoms with van der Waals surface area (Å²) < 4.78 is 11.1. The fourth-order valence-electron chi connectivity index (χ4n) is 12.6. The van der Waals surface area contributed by atoms with Gasteiger partial charge >= 0.3 is 11.9 Å². The molecule has 0 aliphatic rings. The van der Waals surface area contributed by atoms with Gasteiger partial charge in [0.05, 0.1) is 25.0 Å². The molecule has 8 unspecified atom stereocenters. The third-order valence-corrected chi connectivity index (χ3v) is 17.3. The summed E-state index contributed by atoms with van der Waals surface area (Å²) in [5.74, 6) is 4.41. The van der Waals surface area contributed by atoms with Crippen molar-refractivity contribution in [3.63, 3.8) is 0 Å². The predicted molar refractivity (Wildman–Crippen MR) is 349 cm³/mol. The Kier molecular flexibility index (Phi) is 62.3. The molecule has 0 aromatic heterocycles. The van der Waals surface area contributed by atoms with Crippen LogP contribution >= 0.6 is 0 Å². The Morgan fingerprint density at radius 1 is 0.269 bits per heavy atom. The van der Waals surface area contributed by atoms with Crippen LogP contribution in [0, 0.1) is 47.3 Å². The van der Waals surface area contributed by atoms with Crippen LogP contribution in [0.4, 0.5) is 0 Å². The number of carbonyl (C=O) groups is 2. The highest BCUT2D eigenvalue weighted by molar-refractivity contribution is 5.72. The van der Waals surface area contributed by atoms with Gasteiger partial charge < -0.3 is 9.47 Å². The first-order chi connectivity index (χ1) is 37.8. The Labute approximate surface area is 492 Å². The van der Waals surface area contributed by atoms with E-state index in [9.17, 15) is 9.59 Å². The minimum absolute atomic E-state index is 0.0152. The van der Waals surface area contributed by atoms with Gasteiger partial charge in [-0.2, -0.15) is 0 Å². The first kappa shape index (κ1) is 78.7. The summed E-state index contributed by atoms with van der Waals surface area (Å²) in [5, 5.41) is 0. The number of rotatable bonds is 59. The molecule has 4 heteroatoms. The topological polar surface area (TPSA) is 52.6 Å². The van der Waals surface area contributed by atoms with E-state index in [2.05, 4.69) is 95.2 Å². The van der Waals surface area contributed by atoms with Gasteiger partial charge in [-0.1, -0.05) is 326 Å². The van der Waals surface area contributed by atoms with Gasteiger partial charge in [0.1, 0.15) is 0 Å². The van der Waals surface area contributed by atoms with Gasteiger partial charge in [0.2, 0.25) is 0 Å². The Morgan fingerprint density at radius 3 is 0.769 bits per heavy atom. The van der Waals surface area contributed by atoms with E-state index in [-0.39, 0.29) is 23.8 Å². The van der Waals surface area contributed by atoms with Crippen LogP contribution in [0.5, 0.6) is 0 Å². The van der Waals surface area contributed by atoms with Crippen molar-refractivity contribution in [1.29, 1.82) is 0 Å². The minimum atomic E-state index is 0.0152. The van der Waals surface area contributed by atoms with Crippen LogP contribution in [0.15, 0.2) is 12.2 Å². The normalized spacial score (nSPS) is 14.8. The first-order valence-electron chi connectivity index (χ1n) is 35.8. The summed E-state index contributed by atoms with van der Waals surface area (Å²) in [5.41, 5.74) is 0. The molecule has 0 aromatic carbocycles. The van der Waals surface area contributed by atoms with Gasteiger partial charge in [0, 0.05) is 0 Å². The van der Waals surface area contributed by atoms with Gasteiger partial charge in [-0.3, -0.25) is 9.59 Å². The molecule has 0 saturated heterocycles. The fourth-order valence-corrected chi connectivity index (χ4v) is 12.6. The van der Waals surface area contributed by atoms with E-state index in [1.54, 1.807) is 0 Å². The highest BCUT2D eigenvalue weighted by Crippen LogP contribution is 2.29. The highest BCUT2D eigenvalue weighted by Gasteiger charge is 2.22. The van der Waals surface area contributed by atoms with Gasteiger partial charge in [-0.25, -0.2) is 0 Å². The average Bonchev–Trinajstić information content (AvgIpc) is 3.40. The van der Waals surface area contributed by atoms with E-state index in [0.29, 0.717) is 25.0 Å². The molecule has 0 fully saturated rings. The lowest BCUT2D eigenvalue weighted by atomic mass is 9.84. The molecule has 0 saturated carbocycles. The zero-order chi connectivity index (χ0) is 58.0. The summed E-state index contributed by atoms with van der Waals surface area (Å²) in [6, 6.07) is 0. The van der Waals surface area contributed by atoms with E-state index in [0.717, 1.165) is 49.4 Å². The Morgan fingerprint density at radius 2 is 0.487 bits per heavy atom. The molecule has 0 rings (SSSR count). The van der Waals surface area contributed by atoms with E-state index in [1.807, 2.05) is 0 Å². The molecular formula is C74H146O4. The molecular weight excluding hydrogens is 953 g/mol. The van der Waals surface area contributed by atoms with E-state index in [1.165, 1.54) is 283 Å². The van der Waals surface area contributed by atoms with Crippen LogP contribution in [0.25, 0.3) is 0 Å². The van der Waals surface area contributed by atoms with E-state index >= 15 is 0 Å². The van der Waals surface area contributed by atoms with Crippen molar-refractivity contribution < 1.29 is 19.1 Å². The molecule has 8 atom stereocenters. The second-order valence-electron chi connectivity index (χ2n) is 26.8. The molecule has 78 heavy (non-hydrogen) atoms. The summed E-state index contributed by atoms with van der Waals surface area (Å²) in [6.07, 6.45) is 69.0. The van der Waals surface area contributed by atoms with Crippen molar-refractivity contribution in [2.24, 2.45) is 47.3 Å². The summed E-state index contributed by atoms with van der Waals surface area (Å²) >= 11 is 0. The summed E-state index contributed by atoms with van der Waals surface area (Å²) in [4.78, 5) is 24.7. The number of hydrogen-bond donors (Lipinski definition) is 0. The molecule has 0 aromatic rings. The second kappa shape index (κ2) is 61.7. The Bertz CT molecular complexity index is 1230. The number of carbonyl (C=O) groups excluding carboxylic acids is 2. The third-order valence-electron chi connectivity index (χ3n) is 17.3. The number of esters is 2. The van der Waals surface area contributed by atoms with Crippen LogP contribution in [-0.2, 0) is 19.1 Å². The molecule has 0 aliphatic carbocycles. The summed E-state index contributed by atoms with van der Waals surface area (Å²) in [7, 11) is 0. The van der Waals surface area contributed by atoms with E-state index in [4.69, 9.17) is 9.47 Å². The quantitative estimate of drug-likeness (QED) is 0.0346. The maximum atomic E-state index is 12.4. The van der Waals surface area contributed by atoms with Gasteiger partial charge in [0.25, 0.3) is 0 Å². The largest absolute Gasteiger partial charge is 0.465 e. The van der Waals surface area contributed by atoms with Crippen molar-refractivity contribution in [2.45, 2.75) is 391 Å². The Hall–Kier alpha value is -1.32. The molecule has 0 bridgehead atoms. The zero-order valence-corrected chi connectivity index (χ0v) is 55.8. The van der Waals surface area contributed by atoms with Crippen LogP contribution < -0.4 is 0 Å². The van der Waals surface area contributed by atoms with Crippen molar-refractivity contribution in [1.82, 2.24) is 0 Å².